The molecule has 2 aromatic rings. The molecule has 1 aliphatic carbocycles. The summed E-state index contributed by atoms with van der Waals surface area (Å²) in [5.41, 5.74) is 2.42. The molecular formula is C24H31NO3S. The van der Waals surface area contributed by atoms with Crippen molar-refractivity contribution in [1.29, 1.82) is 0 Å². The first-order valence-corrected chi connectivity index (χ1v) is 12.1. The van der Waals surface area contributed by atoms with Gasteiger partial charge >= 0.3 is 0 Å². The van der Waals surface area contributed by atoms with Crippen molar-refractivity contribution in [2.45, 2.75) is 63.5 Å². The van der Waals surface area contributed by atoms with Crippen molar-refractivity contribution < 1.29 is 13.2 Å². The summed E-state index contributed by atoms with van der Waals surface area (Å²) in [5.74, 6) is -0.463. The highest BCUT2D eigenvalue weighted by atomic mass is 32.2. The van der Waals surface area contributed by atoms with E-state index in [-0.39, 0.29) is 16.9 Å². The number of nitrogens with one attached hydrogen (secondary N) is 1. The van der Waals surface area contributed by atoms with Crippen LogP contribution in [0.2, 0.25) is 0 Å². The van der Waals surface area contributed by atoms with Crippen LogP contribution in [0.15, 0.2) is 48.5 Å². The Morgan fingerprint density at radius 1 is 0.931 bits per heavy atom. The molecule has 0 spiro atoms. The lowest BCUT2D eigenvalue weighted by Crippen LogP contribution is -2.45. The van der Waals surface area contributed by atoms with E-state index in [1.807, 2.05) is 62.4 Å². The van der Waals surface area contributed by atoms with Gasteiger partial charge in [-0.3, -0.25) is 4.79 Å². The largest absolute Gasteiger partial charge is 0.325 e. The molecule has 1 amide bonds. The van der Waals surface area contributed by atoms with Gasteiger partial charge in [0.1, 0.15) is 0 Å². The van der Waals surface area contributed by atoms with Gasteiger partial charge in [0.2, 0.25) is 5.91 Å². The van der Waals surface area contributed by atoms with Crippen LogP contribution in [0.1, 0.15) is 55.7 Å². The predicted molar refractivity (Wildman–Crippen MR) is 119 cm³/mol. The summed E-state index contributed by atoms with van der Waals surface area (Å²) < 4.78 is 26.5. The van der Waals surface area contributed by atoms with Crippen molar-refractivity contribution >= 4 is 21.4 Å². The van der Waals surface area contributed by atoms with Crippen LogP contribution in [0.3, 0.4) is 0 Å². The second-order valence-corrected chi connectivity index (χ2v) is 10.9. The van der Waals surface area contributed by atoms with Crippen LogP contribution in [0, 0.1) is 13.8 Å². The molecule has 4 nitrogen and oxygen atoms in total. The molecule has 3 rings (SSSR count). The van der Waals surface area contributed by atoms with Crippen LogP contribution >= 0.6 is 0 Å². The first-order chi connectivity index (χ1) is 13.7. The molecule has 0 aromatic heterocycles. The fourth-order valence-electron chi connectivity index (χ4n) is 4.05. The third-order valence-electron chi connectivity index (χ3n) is 6.05. The Balaban J connectivity index is 1.93. The van der Waals surface area contributed by atoms with E-state index in [2.05, 4.69) is 5.32 Å². The summed E-state index contributed by atoms with van der Waals surface area (Å²) in [6.07, 6.45) is 4.38. The van der Waals surface area contributed by atoms with Gasteiger partial charge in [0.15, 0.2) is 9.84 Å². The fourth-order valence-corrected chi connectivity index (χ4v) is 6.44. The number of carbonyl (C=O) groups excluding carboxylic acids is 1. The lowest BCUT2D eigenvalue weighted by atomic mass is 9.83. The van der Waals surface area contributed by atoms with Gasteiger partial charge in [-0.05, 0) is 51.3 Å². The lowest BCUT2D eigenvalue weighted by Gasteiger charge is -2.32. The summed E-state index contributed by atoms with van der Waals surface area (Å²) in [6, 6.07) is 15.2. The minimum Gasteiger partial charge on any atom is -0.325 e. The molecule has 0 radical (unpaired) electrons. The number of hydrogen-bond acceptors (Lipinski definition) is 3. The van der Waals surface area contributed by atoms with Crippen molar-refractivity contribution in [3.8, 4) is 0 Å². The average molecular weight is 414 g/mol. The van der Waals surface area contributed by atoms with Crippen molar-refractivity contribution in [3.05, 3.63) is 65.2 Å². The number of benzene rings is 2. The van der Waals surface area contributed by atoms with E-state index in [1.54, 1.807) is 6.92 Å². The summed E-state index contributed by atoms with van der Waals surface area (Å²) in [7, 11) is -3.40. The molecule has 1 aliphatic rings. The Morgan fingerprint density at radius 2 is 1.45 bits per heavy atom. The van der Waals surface area contributed by atoms with E-state index in [0.717, 1.165) is 36.0 Å². The Labute approximate surface area is 174 Å². The molecule has 1 fully saturated rings. The first kappa shape index (κ1) is 21.6. The number of aryl methyl sites for hydroxylation is 2. The van der Waals surface area contributed by atoms with E-state index in [4.69, 9.17) is 0 Å². The van der Waals surface area contributed by atoms with E-state index >= 15 is 0 Å². The van der Waals surface area contributed by atoms with Crippen LogP contribution < -0.4 is 5.32 Å². The van der Waals surface area contributed by atoms with Crippen molar-refractivity contribution in [3.63, 3.8) is 0 Å². The number of anilines is 1. The molecule has 156 valence electrons. The summed E-state index contributed by atoms with van der Waals surface area (Å²) in [5, 5.41) is 2.61. The van der Waals surface area contributed by atoms with Gasteiger partial charge < -0.3 is 5.32 Å². The van der Waals surface area contributed by atoms with Gasteiger partial charge in [-0.15, -0.1) is 0 Å². The minimum atomic E-state index is -3.40. The molecule has 0 bridgehead atoms. The van der Waals surface area contributed by atoms with Crippen molar-refractivity contribution in [1.82, 2.24) is 0 Å². The normalized spacial score (nSPS) is 17.5. The van der Waals surface area contributed by atoms with Gasteiger partial charge in [0.05, 0.1) is 16.4 Å². The number of amides is 1. The fraction of sp³-hybridized carbons (Fsp3) is 0.458. The summed E-state index contributed by atoms with van der Waals surface area (Å²) in [6.45, 7) is 5.71. The van der Waals surface area contributed by atoms with Crippen LogP contribution in [-0.2, 0) is 20.0 Å². The number of sulfone groups is 1. The number of carbonyl (C=O) groups is 1. The van der Waals surface area contributed by atoms with Crippen molar-refractivity contribution in [2.75, 3.05) is 11.1 Å². The molecular weight excluding hydrogens is 382 g/mol. The van der Waals surface area contributed by atoms with E-state index in [0.29, 0.717) is 18.5 Å². The number of hydrogen-bond donors (Lipinski definition) is 1. The molecule has 2 aromatic carbocycles. The topological polar surface area (TPSA) is 63.2 Å². The van der Waals surface area contributed by atoms with Crippen LogP contribution in [0.4, 0.5) is 5.69 Å². The predicted octanol–water partition coefficient (Wildman–Crippen LogP) is 4.95. The third kappa shape index (κ3) is 5.08. The zero-order valence-corrected chi connectivity index (χ0v) is 18.4. The Kier molecular flexibility index (Phi) is 6.47. The second-order valence-electron chi connectivity index (χ2n) is 8.59. The zero-order chi connectivity index (χ0) is 21.1. The maximum absolute atomic E-state index is 13.4. The van der Waals surface area contributed by atoms with E-state index in [9.17, 15) is 13.2 Å². The van der Waals surface area contributed by atoms with Crippen molar-refractivity contribution in [2.24, 2.45) is 0 Å². The molecule has 1 unspecified atom stereocenters. The Morgan fingerprint density at radius 3 is 2.00 bits per heavy atom. The van der Waals surface area contributed by atoms with Gasteiger partial charge in [-0.2, -0.15) is 0 Å². The summed E-state index contributed by atoms with van der Waals surface area (Å²) in [4.78, 5) is 13.4. The highest BCUT2D eigenvalue weighted by Gasteiger charge is 2.42. The Hall–Kier alpha value is -2.14. The third-order valence-corrected chi connectivity index (χ3v) is 8.52. The lowest BCUT2D eigenvalue weighted by molar-refractivity contribution is -0.120. The minimum absolute atomic E-state index is 0.175. The molecule has 0 aliphatic heterocycles. The van der Waals surface area contributed by atoms with E-state index < -0.39 is 15.3 Å². The SMILES string of the molecule is Cc1ccc(NC(=O)C(C)(CS(=O)(=O)C2CCCCC2)c2ccc(C)cc2)cc1. The monoisotopic (exact) mass is 413 g/mol. The van der Waals surface area contributed by atoms with Gasteiger partial charge in [0, 0.05) is 5.69 Å². The smallest absolute Gasteiger partial charge is 0.235 e. The molecule has 0 saturated heterocycles. The molecule has 0 heterocycles. The van der Waals surface area contributed by atoms with Crippen LogP contribution in [-0.4, -0.2) is 25.3 Å². The molecule has 1 saturated carbocycles. The standard InChI is InChI=1S/C24H31NO3S/c1-18-9-13-20(14-10-18)24(3,17-29(27,28)22-7-5-4-6-8-22)23(26)25-21-15-11-19(2)12-16-21/h9-16,22H,4-8,17H2,1-3H3,(H,25,26). The highest BCUT2D eigenvalue weighted by Crippen LogP contribution is 2.33. The maximum atomic E-state index is 13.4. The van der Waals surface area contributed by atoms with E-state index in [1.165, 1.54) is 0 Å². The molecule has 1 N–H and O–H groups in total. The molecule has 29 heavy (non-hydrogen) atoms. The second kappa shape index (κ2) is 8.70. The van der Waals surface area contributed by atoms with Gasteiger partial charge in [-0.1, -0.05) is 66.8 Å². The quantitative estimate of drug-likeness (QED) is 0.729. The molecule has 1 atom stereocenters. The van der Waals surface area contributed by atoms with Crippen LogP contribution in [0.5, 0.6) is 0 Å². The Bertz CT molecular complexity index is 943. The average Bonchev–Trinajstić information content (AvgIpc) is 2.70. The molecule has 5 heteroatoms. The summed E-state index contributed by atoms with van der Waals surface area (Å²) >= 11 is 0. The highest BCUT2D eigenvalue weighted by molar-refractivity contribution is 7.92. The van der Waals surface area contributed by atoms with Crippen LogP contribution in [0.25, 0.3) is 0 Å². The zero-order valence-electron chi connectivity index (χ0n) is 17.6. The number of rotatable bonds is 6. The van der Waals surface area contributed by atoms with Gasteiger partial charge in [-0.25, -0.2) is 8.42 Å². The maximum Gasteiger partial charge on any atom is 0.235 e. The van der Waals surface area contributed by atoms with Gasteiger partial charge in [0.25, 0.3) is 0 Å². The first-order valence-electron chi connectivity index (χ1n) is 10.4.